The SMILES string of the molecule is C=C(C(=O)OBr)c1ccc2ccccc2c1. The number of hydrogen-bond donors (Lipinski definition) is 0. The summed E-state index contributed by atoms with van der Waals surface area (Å²) < 4.78 is 4.45. The van der Waals surface area contributed by atoms with E-state index in [-0.39, 0.29) is 0 Å². The molecule has 0 aliphatic rings. The molecule has 80 valence electrons. The summed E-state index contributed by atoms with van der Waals surface area (Å²) in [7, 11) is 0. The molecule has 0 heterocycles. The normalized spacial score (nSPS) is 10.1. The van der Waals surface area contributed by atoms with E-state index in [0.717, 1.165) is 16.3 Å². The number of benzene rings is 2. The third kappa shape index (κ3) is 1.99. The molecule has 0 saturated carbocycles. The van der Waals surface area contributed by atoms with Crippen molar-refractivity contribution in [3.05, 3.63) is 54.6 Å². The van der Waals surface area contributed by atoms with Crippen molar-refractivity contribution in [2.75, 3.05) is 0 Å². The molecule has 3 heteroatoms. The average molecular weight is 277 g/mol. The van der Waals surface area contributed by atoms with E-state index in [1.807, 2.05) is 42.5 Å². The molecule has 0 unspecified atom stereocenters. The second kappa shape index (κ2) is 4.49. The third-order valence-electron chi connectivity index (χ3n) is 2.41. The van der Waals surface area contributed by atoms with Crippen LogP contribution in [0, 0.1) is 0 Å². The molecule has 0 aliphatic carbocycles. The minimum absolute atomic E-state index is 0.336. The quantitative estimate of drug-likeness (QED) is 0.782. The van der Waals surface area contributed by atoms with Crippen LogP contribution in [0.1, 0.15) is 5.56 Å². The van der Waals surface area contributed by atoms with Crippen molar-refractivity contribution in [2.24, 2.45) is 0 Å². The van der Waals surface area contributed by atoms with E-state index in [2.05, 4.69) is 26.7 Å². The van der Waals surface area contributed by atoms with Crippen LogP contribution >= 0.6 is 16.3 Å². The van der Waals surface area contributed by atoms with E-state index in [4.69, 9.17) is 0 Å². The third-order valence-corrected chi connectivity index (χ3v) is 2.71. The van der Waals surface area contributed by atoms with Crippen LogP contribution in [0.3, 0.4) is 0 Å². The number of fused-ring (bicyclic) bond motifs is 1. The maximum Gasteiger partial charge on any atom is 0.349 e. The van der Waals surface area contributed by atoms with Crippen LogP contribution in [0.4, 0.5) is 0 Å². The van der Waals surface area contributed by atoms with Crippen molar-refractivity contribution in [1.29, 1.82) is 0 Å². The Bertz CT molecular complexity index is 561. The second-order valence-corrected chi connectivity index (χ2v) is 3.73. The largest absolute Gasteiger partial charge is 0.380 e. The van der Waals surface area contributed by atoms with Crippen molar-refractivity contribution in [2.45, 2.75) is 0 Å². The number of hydrogen-bond acceptors (Lipinski definition) is 2. The van der Waals surface area contributed by atoms with Gasteiger partial charge >= 0.3 is 5.97 Å². The van der Waals surface area contributed by atoms with E-state index in [1.165, 1.54) is 0 Å². The first-order valence-electron chi connectivity index (χ1n) is 4.73. The molecule has 0 amide bonds. The topological polar surface area (TPSA) is 26.3 Å². The summed E-state index contributed by atoms with van der Waals surface area (Å²) in [6.07, 6.45) is 0. The highest BCUT2D eigenvalue weighted by molar-refractivity contribution is 9.06. The fourth-order valence-corrected chi connectivity index (χ4v) is 1.74. The molecule has 0 spiro atoms. The average Bonchev–Trinajstić information content (AvgIpc) is 2.36. The van der Waals surface area contributed by atoms with E-state index in [1.54, 1.807) is 0 Å². The molecular formula is C13H9BrO2. The highest BCUT2D eigenvalue weighted by Crippen LogP contribution is 2.21. The predicted octanol–water partition coefficient (Wildman–Crippen LogP) is 3.71. The standard InChI is InChI=1S/C13H9BrO2/c1-9(13(15)16-14)11-7-6-10-4-2-3-5-12(10)8-11/h2-8H,1H2. The molecule has 0 saturated heterocycles. The van der Waals surface area contributed by atoms with Gasteiger partial charge in [-0.3, -0.25) is 0 Å². The summed E-state index contributed by atoms with van der Waals surface area (Å²) in [5, 5.41) is 2.20. The zero-order valence-corrected chi connectivity index (χ0v) is 10.0. The van der Waals surface area contributed by atoms with Gasteiger partial charge in [-0.15, -0.1) is 0 Å². The summed E-state index contributed by atoms with van der Waals surface area (Å²) in [4.78, 5) is 11.3. The lowest BCUT2D eigenvalue weighted by molar-refractivity contribution is -0.126. The van der Waals surface area contributed by atoms with Crippen molar-refractivity contribution in [1.82, 2.24) is 0 Å². The molecule has 0 bridgehead atoms. The molecule has 0 aliphatic heterocycles. The van der Waals surface area contributed by atoms with Gasteiger partial charge in [-0.25, -0.2) is 4.79 Å². The second-order valence-electron chi connectivity index (χ2n) is 3.41. The number of rotatable bonds is 2. The van der Waals surface area contributed by atoms with Gasteiger partial charge in [0.2, 0.25) is 0 Å². The summed E-state index contributed by atoms with van der Waals surface area (Å²) in [6.45, 7) is 3.70. The number of carbonyl (C=O) groups is 1. The van der Waals surface area contributed by atoms with E-state index < -0.39 is 5.97 Å². The molecular weight excluding hydrogens is 268 g/mol. The van der Waals surface area contributed by atoms with Crippen LogP contribution in [-0.2, 0) is 8.62 Å². The highest BCUT2D eigenvalue weighted by atomic mass is 79.9. The van der Waals surface area contributed by atoms with Gasteiger partial charge in [0.25, 0.3) is 0 Å². The Kier molecular flexibility index (Phi) is 3.06. The smallest absolute Gasteiger partial charge is 0.349 e. The van der Waals surface area contributed by atoms with Gasteiger partial charge in [-0.05, 0) is 22.4 Å². The van der Waals surface area contributed by atoms with E-state index in [0.29, 0.717) is 5.57 Å². The van der Waals surface area contributed by atoms with Crippen LogP contribution in [0.25, 0.3) is 16.3 Å². The Labute approximate surface area is 102 Å². The molecule has 2 nitrogen and oxygen atoms in total. The van der Waals surface area contributed by atoms with Gasteiger partial charge < -0.3 is 3.83 Å². The van der Waals surface area contributed by atoms with Gasteiger partial charge in [0.05, 0.1) is 5.57 Å². The van der Waals surface area contributed by atoms with Crippen LogP contribution < -0.4 is 0 Å². The minimum Gasteiger partial charge on any atom is -0.380 e. The Morgan fingerprint density at radius 2 is 1.81 bits per heavy atom. The summed E-state index contributed by atoms with van der Waals surface area (Å²) in [6, 6.07) is 13.7. The summed E-state index contributed by atoms with van der Waals surface area (Å²) in [5.74, 6) is -0.477. The Morgan fingerprint density at radius 3 is 2.50 bits per heavy atom. The van der Waals surface area contributed by atoms with Crippen LogP contribution in [-0.4, -0.2) is 5.97 Å². The fourth-order valence-electron chi connectivity index (χ4n) is 1.54. The van der Waals surface area contributed by atoms with Gasteiger partial charge in [0.1, 0.15) is 0 Å². The van der Waals surface area contributed by atoms with E-state index in [9.17, 15) is 4.79 Å². The maximum atomic E-state index is 11.3. The van der Waals surface area contributed by atoms with Gasteiger partial charge in [-0.2, -0.15) is 0 Å². The van der Waals surface area contributed by atoms with Crippen LogP contribution in [0.15, 0.2) is 49.0 Å². The highest BCUT2D eigenvalue weighted by Gasteiger charge is 2.10. The Hall–Kier alpha value is -1.61. The van der Waals surface area contributed by atoms with Crippen molar-refractivity contribution in [3.8, 4) is 0 Å². The zero-order chi connectivity index (χ0) is 11.5. The van der Waals surface area contributed by atoms with Crippen molar-refractivity contribution < 1.29 is 8.62 Å². The zero-order valence-electron chi connectivity index (χ0n) is 8.44. The van der Waals surface area contributed by atoms with Crippen molar-refractivity contribution in [3.63, 3.8) is 0 Å². The Morgan fingerprint density at radius 1 is 1.12 bits per heavy atom. The molecule has 0 radical (unpaired) electrons. The summed E-state index contributed by atoms with van der Waals surface area (Å²) >= 11 is 2.65. The first-order chi connectivity index (χ1) is 7.72. The van der Waals surface area contributed by atoms with Crippen LogP contribution in [0.2, 0.25) is 0 Å². The Balaban J connectivity index is 2.47. The first kappa shape index (κ1) is 10.9. The molecule has 2 rings (SSSR count). The lowest BCUT2D eigenvalue weighted by Gasteiger charge is -2.04. The summed E-state index contributed by atoms with van der Waals surface area (Å²) in [5.41, 5.74) is 1.10. The molecule has 16 heavy (non-hydrogen) atoms. The lowest BCUT2D eigenvalue weighted by Crippen LogP contribution is -1.99. The molecule has 2 aromatic carbocycles. The number of halogens is 1. The fraction of sp³-hybridized carbons (Fsp3) is 0. The van der Waals surface area contributed by atoms with Crippen LogP contribution in [0.5, 0.6) is 0 Å². The number of carbonyl (C=O) groups excluding carboxylic acids is 1. The molecule has 0 atom stereocenters. The van der Waals surface area contributed by atoms with Gasteiger partial charge in [0.15, 0.2) is 16.3 Å². The maximum absolute atomic E-state index is 11.3. The van der Waals surface area contributed by atoms with Gasteiger partial charge in [0, 0.05) is 0 Å². The monoisotopic (exact) mass is 276 g/mol. The molecule has 0 aromatic heterocycles. The van der Waals surface area contributed by atoms with E-state index >= 15 is 0 Å². The van der Waals surface area contributed by atoms with Gasteiger partial charge in [-0.1, -0.05) is 43.0 Å². The minimum atomic E-state index is -0.477. The molecule has 0 N–H and O–H groups in total. The first-order valence-corrected chi connectivity index (χ1v) is 5.38. The molecule has 0 fully saturated rings. The molecule has 2 aromatic rings. The predicted molar refractivity (Wildman–Crippen MR) is 68.0 cm³/mol. The van der Waals surface area contributed by atoms with Crippen molar-refractivity contribution >= 4 is 38.6 Å². The lowest BCUT2D eigenvalue weighted by atomic mass is 10.0.